The zero-order chi connectivity index (χ0) is 42.1. The molecule has 10 aromatic rings. The van der Waals surface area contributed by atoms with Gasteiger partial charge in [0.1, 0.15) is 0 Å². The van der Waals surface area contributed by atoms with Crippen LogP contribution < -0.4 is 4.90 Å². The van der Waals surface area contributed by atoms with E-state index >= 15 is 0 Å². The van der Waals surface area contributed by atoms with Crippen molar-refractivity contribution in [2.75, 3.05) is 4.90 Å². The SMILES string of the molecule is C1=CC2c3cc(-c4ccc5nc(-c6ccc(-c7ccc8c9c(n(-c%10ccccc%10)c8c7)-c7ccccc7CC9)cc6)nc(-c6ccccc6)c5c4)ccc3N(c3ccccc3)C2C=C1. The second kappa shape index (κ2) is 14.8. The van der Waals surface area contributed by atoms with Gasteiger partial charge in [-0.1, -0.05) is 164 Å². The molecule has 0 N–H and O–H groups in total. The summed E-state index contributed by atoms with van der Waals surface area (Å²) in [4.78, 5) is 13.0. The van der Waals surface area contributed by atoms with Crippen molar-refractivity contribution in [3.8, 4) is 61.8 Å². The van der Waals surface area contributed by atoms with Crippen LogP contribution in [0.15, 0.2) is 218 Å². The molecule has 3 aliphatic rings. The molecule has 13 rings (SSSR count). The number of anilines is 2. The van der Waals surface area contributed by atoms with E-state index in [0.29, 0.717) is 5.82 Å². The summed E-state index contributed by atoms with van der Waals surface area (Å²) in [5, 5.41) is 2.36. The minimum atomic E-state index is 0.250. The molecule has 8 aromatic carbocycles. The van der Waals surface area contributed by atoms with Crippen LogP contribution in [0.2, 0.25) is 0 Å². The number of hydrogen-bond donors (Lipinski definition) is 0. The van der Waals surface area contributed by atoms with Crippen molar-refractivity contribution in [3.05, 3.63) is 235 Å². The summed E-state index contributed by atoms with van der Waals surface area (Å²) < 4.78 is 2.48. The highest BCUT2D eigenvalue weighted by Crippen LogP contribution is 2.49. The number of aromatic nitrogens is 3. The molecule has 4 nitrogen and oxygen atoms in total. The summed E-state index contributed by atoms with van der Waals surface area (Å²) >= 11 is 0. The van der Waals surface area contributed by atoms with Gasteiger partial charge in [0.05, 0.1) is 28.5 Å². The summed E-state index contributed by atoms with van der Waals surface area (Å²) in [7, 11) is 0. The Hall–Kier alpha value is -8.08. The Morgan fingerprint density at radius 2 is 1.12 bits per heavy atom. The van der Waals surface area contributed by atoms with Crippen molar-refractivity contribution < 1.29 is 0 Å². The summed E-state index contributed by atoms with van der Waals surface area (Å²) in [6.07, 6.45) is 11.1. The molecule has 0 amide bonds. The van der Waals surface area contributed by atoms with Crippen molar-refractivity contribution in [3.63, 3.8) is 0 Å². The number of benzene rings is 8. The third kappa shape index (κ3) is 5.90. The molecule has 0 saturated heterocycles. The fraction of sp³-hybridized carbons (Fsp3) is 0.0667. The lowest BCUT2D eigenvalue weighted by atomic mass is 9.89. The van der Waals surface area contributed by atoms with E-state index in [1.165, 1.54) is 67.0 Å². The quantitative estimate of drug-likeness (QED) is 0.168. The van der Waals surface area contributed by atoms with E-state index in [-0.39, 0.29) is 12.0 Å². The maximum atomic E-state index is 5.34. The van der Waals surface area contributed by atoms with Gasteiger partial charge in [0, 0.05) is 50.4 Å². The molecule has 0 fully saturated rings. The van der Waals surface area contributed by atoms with Crippen LogP contribution in [-0.4, -0.2) is 20.6 Å². The highest BCUT2D eigenvalue weighted by Gasteiger charge is 2.37. The molecule has 2 aliphatic carbocycles. The lowest BCUT2D eigenvalue weighted by molar-refractivity contribution is 0.745. The summed E-state index contributed by atoms with van der Waals surface area (Å²) in [5.41, 5.74) is 20.3. The van der Waals surface area contributed by atoms with Gasteiger partial charge in [-0.2, -0.15) is 0 Å². The van der Waals surface area contributed by atoms with Gasteiger partial charge in [0.25, 0.3) is 0 Å². The van der Waals surface area contributed by atoms with E-state index in [9.17, 15) is 0 Å². The summed E-state index contributed by atoms with van der Waals surface area (Å²) in [5.74, 6) is 0.997. The molecule has 0 bridgehead atoms. The molecule has 2 atom stereocenters. The van der Waals surface area contributed by atoms with Crippen molar-refractivity contribution >= 4 is 33.2 Å². The van der Waals surface area contributed by atoms with Crippen LogP contribution in [-0.2, 0) is 12.8 Å². The van der Waals surface area contributed by atoms with E-state index in [0.717, 1.165) is 51.7 Å². The van der Waals surface area contributed by atoms with Crippen LogP contribution in [0.3, 0.4) is 0 Å². The van der Waals surface area contributed by atoms with Crippen molar-refractivity contribution in [2.45, 2.75) is 24.8 Å². The Morgan fingerprint density at radius 3 is 1.95 bits per heavy atom. The molecular weight excluding hydrogens is 777 g/mol. The Kier molecular flexibility index (Phi) is 8.45. The smallest absolute Gasteiger partial charge is 0.160 e. The van der Waals surface area contributed by atoms with Crippen LogP contribution in [0.5, 0.6) is 0 Å². The van der Waals surface area contributed by atoms with Gasteiger partial charge in [0.15, 0.2) is 5.82 Å². The number of aryl methyl sites for hydroxylation is 2. The zero-order valence-electron chi connectivity index (χ0n) is 35.1. The van der Waals surface area contributed by atoms with Gasteiger partial charge in [-0.25, -0.2) is 9.97 Å². The average Bonchev–Trinajstić information content (AvgIpc) is 3.89. The van der Waals surface area contributed by atoms with Crippen LogP contribution in [0.1, 0.15) is 22.6 Å². The predicted octanol–water partition coefficient (Wildman–Crippen LogP) is 14.7. The van der Waals surface area contributed by atoms with E-state index < -0.39 is 0 Å². The lowest BCUT2D eigenvalue weighted by Crippen LogP contribution is -2.28. The van der Waals surface area contributed by atoms with E-state index in [2.05, 4.69) is 228 Å². The maximum Gasteiger partial charge on any atom is 0.160 e. The number of allylic oxidation sites excluding steroid dienone is 2. The van der Waals surface area contributed by atoms with E-state index in [4.69, 9.17) is 9.97 Å². The normalized spacial score (nSPS) is 15.8. The lowest BCUT2D eigenvalue weighted by Gasteiger charge is -2.28. The summed E-state index contributed by atoms with van der Waals surface area (Å²) in [6.45, 7) is 0. The first kappa shape index (κ1) is 36.6. The highest BCUT2D eigenvalue weighted by atomic mass is 15.2. The molecular formula is C60H42N4. The first-order valence-corrected chi connectivity index (χ1v) is 22.4. The molecule has 0 spiro atoms. The zero-order valence-corrected chi connectivity index (χ0v) is 35.1. The standard InChI is InChI=1S/C60H42N4/c1-4-15-41(16-5-1)58-53-37-43(44-31-35-56-52(36-44)49-22-12-13-23-55(49)63(56)46-17-6-2-7-18-46)30-34-54(53)61-60(62-58)42-26-24-39(25-27-42)45-29-32-50-51-33-28-40-14-10-11-21-48(40)59(51)64(57(50)38-45)47-19-8-3-9-20-47/h1-27,29-32,34-38,49,55H,28,33H2. The van der Waals surface area contributed by atoms with Gasteiger partial charge in [0.2, 0.25) is 0 Å². The highest BCUT2D eigenvalue weighted by molar-refractivity contribution is 5.99. The number of rotatable bonds is 6. The third-order valence-electron chi connectivity index (χ3n) is 13.6. The molecule has 3 heterocycles. The van der Waals surface area contributed by atoms with Gasteiger partial charge in [-0.15, -0.1) is 0 Å². The minimum absolute atomic E-state index is 0.250. The molecule has 4 heteroatoms. The Morgan fingerprint density at radius 1 is 0.469 bits per heavy atom. The van der Waals surface area contributed by atoms with Crippen LogP contribution in [0.4, 0.5) is 11.4 Å². The van der Waals surface area contributed by atoms with Crippen LogP contribution in [0, 0.1) is 0 Å². The number of fused-ring (bicyclic) bond motifs is 9. The molecule has 0 radical (unpaired) electrons. The first-order chi connectivity index (χ1) is 31.7. The number of hydrogen-bond acceptors (Lipinski definition) is 3. The van der Waals surface area contributed by atoms with E-state index in [1.54, 1.807) is 0 Å². The van der Waals surface area contributed by atoms with Gasteiger partial charge < -0.3 is 9.47 Å². The molecule has 0 saturated carbocycles. The van der Waals surface area contributed by atoms with Crippen molar-refractivity contribution in [1.82, 2.24) is 14.5 Å². The Labute approximate surface area is 372 Å². The topological polar surface area (TPSA) is 34.0 Å². The molecule has 64 heavy (non-hydrogen) atoms. The Bertz CT molecular complexity index is 3490. The van der Waals surface area contributed by atoms with Gasteiger partial charge >= 0.3 is 0 Å². The molecule has 1 aliphatic heterocycles. The second-order valence-electron chi connectivity index (χ2n) is 17.2. The Balaban J connectivity index is 0.878. The fourth-order valence-electron chi connectivity index (χ4n) is 10.6. The molecule has 2 unspecified atom stereocenters. The van der Waals surface area contributed by atoms with Crippen LogP contribution in [0.25, 0.3) is 83.6 Å². The first-order valence-electron chi connectivity index (χ1n) is 22.4. The fourth-order valence-corrected chi connectivity index (χ4v) is 10.6. The largest absolute Gasteiger partial charge is 0.333 e. The number of nitrogens with zero attached hydrogens (tertiary/aromatic N) is 4. The average molecular weight is 819 g/mol. The molecule has 302 valence electrons. The van der Waals surface area contributed by atoms with Gasteiger partial charge in [-0.05, 0) is 106 Å². The number of para-hydroxylation sites is 2. The summed E-state index contributed by atoms with van der Waals surface area (Å²) in [6, 6.07) is 70.6. The second-order valence-corrected chi connectivity index (χ2v) is 17.2. The van der Waals surface area contributed by atoms with Crippen LogP contribution >= 0.6 is 0 Å². The third-order valence-corrected chi connectivity index (χ3v) is 13.6. The van der Waals surface area contributed by atoms with Gasteiger partial charge in [-0.3, -0.25) is 0 Å². The van der Waals surface area contributed by atoms with E-state index in [1.807, 2.05) is 0 Å². The predicted molar refractivity (Wildman–Crippen MR) is 264 cm³/mol. The van der Waals surface area contributed by atoms with Crippen molar-refractivity contribution in [1.29, 1.82) is 0 Å². The molecule has 2 aromatic heterocycles. The monoisotopic (exact) mass is 818 g/mol. The van der Waals surface area contributed by atoms with Crippen molar-refractivity contribution in [2.24, 2.45) is 0 Å². The maximum absolute atomic E-state index is 5.34. The minimum Gasteiger partial charge on any atom is -0.333 e.